The Kier molecular flexibility index (Phi) is 3.41. The van der Waals surface area contributed by atoms with E-state index in [4.69, 9.17) is 4.74 Å². The quantitative estimate of drug-likeness (QED) is 0.905. The minimum Gasteiger partial charge on any atom is -0.491 e. The van der Waals surface area contributed by atoms with Crippen LogP contribution in [0, 0.1) is 12.7 Å². The van der Waals surface area contributed by atoms with E-state index in [-0.39, 0.29) is 5.82 Å². The first-order chi connectivity index (χ1) is 8.67. The molecule has 1 N–H and O–H groups in total. The predicted octanol–water partition coefficient (Wildman–Crippen LogP) is 2.64. The van der Waals surface area contributed by atoms with Gasteiger partial charge in [0.05, 0.1) is 7.11 Å². The van der Waals surface area contributed by atoms with E-state index in [1.165, 1.54) is 18.5 Å². The third kappa shape index (κ3) is 2.11. The number of methoxy groups -OCH3 is 1. The van der Waals surface area contributed by atoms with Gasteiger partial charge in [0.1, 0.15) is 17.8 Å². The first-order valence-electron chi connectivity index (χ1n) is 5.50. The van der Waals surface area contributed by atoms with Gasteiger partial charge < -0.3 is 10.1 Å². The van der Waals surface area contributed by atoms with Crippen LogP contribution < -0.4 is 10.1 Å². The molecule has 0 saturated carbocycles. The molecule has 1 heterocycles. The molecule has 0 fully saturated rings. The molecule has 0 aliphatic carbocycles. The molecular weight excluding hydrogens is 233 g/mol. The highest BCUT2D eigenvalue weighted by atomic mass is 19.1. The summed E-state index contributed by atoms with van der Waals surface area (Å²) in [6.45, 7) is 1.83. The molecule has 0 saturated heterocycles. The lowest BCUT2D eigenvalue weighted by molar-refractivity contribution is 0.415. The van der Waals surface area contributed by atoms with Crippen molar-refractivity contribution in [1.82, 2.24) is 9.97 Å². The van der Waals surface area contributed by atoms with E-state index in [0.29, 0.717) is 17.3 Å². The van der Waals surface area contributed by atoms with Gasteiger partial charge in [0.25, 0.3) is 0 Å². The van der Waals surface area contributed by atoms with E-state index >= 15 is 0 Å². The second kappa shape index (κ2) is 5.00. The average molecular weight is 247 g/mol. The van der Waals surface area contributed by atoms with Gasteiger partial charge in [0.2, 0.25) is 0 Å². The fourth-order valence-corrected chi connectivity index (χ4v) is 1.83. The number of anilines is 1. The smallest absolute Gasteiger partial charge is 0.187 e. The van der Waals surface area contributed by atoms with Crippen LogP contribution >= 0.6 is 0 Å². The van der Waals surface area contributed by atoms with Crippen LogP contribution in [-0.2, 0) is 0 Å². The summed E-state index contributed by atoms with van der Waals surface area (Å²) in [5, 5.41) is 2.94. The molecule has 1 aromatic heterocycles. The molecule has 2 rings (SSSR count). The predicted molar refractivity (Wildman–Crippen MR) is 68.3 cm³/mol. The maximum Gasteiger partial charge on any atom is 0.187 e. The van der Waals surface area contributed by atoms with Crippen molar-refractivity contribution in [3.63, 3.8) is 0 Å². The first kappa shape index (κ1) is 12.3. The molecule has 18 heavy (non-hydrogen) atoms. The van der Waals surface area contributed by atoms with Crippen molar-refractivity contribution in [2.75, 3.05) is 19.5 Å². The van der Waals surface area contributed by atoms with Crippen LogP contribution in [0.5, 0.6) is 5.75 Å². The number of halogens is 1. The Hall–Kier alpha value is -2.17. The van der Waals surface area contributed by atoms with Crippen molar-refractivity contribution in [2.45, 2.75) is 6.92 Å². The number of hydrogen-bond donors (Lipinski definition) is 1. The summed E-state index contributed by atoms with van der Waals surface area (Å²) in [6.07, 6.45) is 1.45. The molecule has 5 heteroatoms. The molecule has 2 aromatic rings. The third-order valence-corrected chi connectivity index (χ3v) is 2.69. The number of rotatable bonds is 3. The second-order valence-electron chi connectivity index (χ2n) is 3.81. The highest BCUT2D eigenvalue weighted by molar-refractivity contribution is 5.74. The molecule has 0 bridgehead atoms. The molecule has 0 aliphatic heterocycles. The standard InChI is InChI=1S/C13H14FN3O/c1-8-6-9(14)4-5-10(8)11-12(18-3)13(15-2)17-7-16-11/h4-7H,1-3H3,(H,15,16,17). The van der Waals surface area contributed by atoms with Crippen LogP contribution in [0.4, 0.5) is 10.2 Å². The Morgan fingerprint density at radius 2 is 2.06 bits per heavy atom. The highest BCUT2D eigenvalue weighted by Gasteiger charge is 2.14. The minimum atomic E-state index is -0.266. The zero-order valence-corrected chi connectivity index (χ0v) is 10.5. The van der Waals surface area contributed by atoms with Crippen molar-refractivity contribution in [1.29, 1.82) is 0 Å². The van der Waals surface area contributed by atoms with Crippen molar-refractivity contribution >= 4 is 5.82 Å². The maximum absolute atomic E-state index is 13.1. The van der Waals surface area contributed by atoms with Crippen LogP contribution in [-0.4, -0.2) is 24.1 Å². The number of hydrogen-bond acceptors (Lipinski definition) is 4. The third-order valence-electron chi connectivity index (χ3n) is 2.69. The van der Waals surface area contributed by atoms with Crippen LogP contribution in [0.3, 0.4) is 0 Å². The van der Waals surface area contributed by atoms with Gasteiger partial charge in [0.15, 0.2) is 11.6 Å². The highest BCUT2D eigenvalue weighted by Crippen LogP contribution is 2.34. The van der Waals surface area contributed by atoms with Crippen LogP contribution in [0.15, 0.2) is 24.5 Å². The molecular formula is C13H14FN3O. The molecule has 0 radical (unpaired) electrons. The lowest BCUT2D eigenvalue weighted by Crippen LogP contribution is -2.01. The molecule has 4 nitrogen and oxygen atoms in total. The summed E-state index contributed by atoms with van der Waals surface area (Å²) in [5.74, 6) is 0.888. The van der Waals surface area contributed by atoms with Crippen LogP contribution in [0.25, 0.3) is 11.3 Å². The topological polar surface area (TPSA) is 47.0 Å². The normalized spacial score (nSPS) is 10.2. The van der Waals surface area contributed by atoms with Gasteiger partial charge in [-0.3, -0.25) is 0 Å². The van der Waals surface area contributed by atoms with E-state index in [1.54, 1.807) is 20.2 Å². The number of ether oxygens (including phenoxy) is 1. The van der Waals surface area contributed by atoms with Crippen LogP contribution in [0.2, 0.25) is 0 Å². The number of benzene rings is 1. The Morgan fingerprint density at radius 3 is 2.67 bits per heavy atom. The number of aromatic nitrogens is 2. The molecule has 0 amide bonds. The molecule has 0 atom stereocenters. The zero-order valence-electron chi connectivity index (χ0n) is 10.5. The van der Waals surface area contributed by atoms with Gasteiger partial charge in [-0.05, 0) is 30.7 Å². The first-order valence-corrected chi connectivity index (χ1v) is 5.50. The van der Waals surface area contributed by atoms with Crippen molar-refractivity contribution in [2.24, 2.45) is 0 Å². The Labute approximate surface area is 105 Å². The molecule has 0 aliphatic rings. The zero-order chi connectivity index (χ0) is 13.1. The van der Waals surface area contributed by atoms with Gasteiger partial charge in [-0.2, -0.15) is 0 Å². The van der Waals surface area contributed by atoms with Gasteiger partial charge in [0, 0.05) is 12.6 Å². The lowest BCUT2D eigenvalue weighted by Gasteiger charge is -2.12. The van der Waals surface area contributed by atoms with E-state index < -0.39 is 0 Å². The largest absolute Gasteiger partial charge is 0.491 e. The molecule has 0 unspecified atom stereocenters. The molecule has 94 valence electrons. The van der Waals surface area contributed by atoms with Gasteiger partial charge in [-0.1, -0.05) is 0 Å². The summed E-state index contributed by atoms with van der Waals surface area (Å²) in [6, 6.07) is 4.56. The monoisotopic (exact) mass is 247 g/mol. The van der Waals surface area contributed by atoms with E-state index in [0.717, 1.165) is 11.1 Å². The van der Waals surface area contributed by atoms with Gasteiger partial charge >= 0.3 is 0 Å². The SMILES string of the molecule is CNc1ncnc(-c2ccc(F)cc2C)c1OC. The van der Waals surface area contributed by atoms with Crippen molar-refractivity contribution in [3.8, 4) is 17.0 Å². The number of aryl methyl sites for hydroxylation is 1. The van der Waals surface area contributed by atoms with E-state index in [1.807, 2.05) is 6.92 Å². The van der Waals surface area contributed by atoms with Crippen molar-refractivity contribution < 1.29 is 9.13 Å². The summed E-state index contributed by atoms with van der Waals surface area (Å²) in [4.78, 5) is 8.30. The number of nitrogens with zero attached hydrogens (tertiary/aromatic N) is 2. The average Bonchev–Trinajstić information content (AvgIpc) is 2.37. The van der Waals surface area contributed by atoms with Gasteiger partial charge in [-0.25, -0.2) is 14.4 Å². The summed E-state index contributed by atoms with van der Waals surface area (Å²) < 4.78 is 18.4. The Bertz CT molecular complexity index is 572. The summed E-state index contributed by atoms with van der Waals surface area (Å²) >= 11 is 0. The Morgan fingerprint density at radius 1 is 1.28 bits per heavy atom. The minimum absolute atomic E-state index is 0.266. The Balaban J connectivity index is 2.63. The van der Waals surface area contributed by atoms with E-state index in [2.05, 4.69) is 15.3 Å². The second-order valence-corrected chi connectivity index (χ2v) is 3.81. The molecule has 0 spiro atoms. The maximum atomic E-state index is 13.1. The van der Waals surface area contributed by atoms with Gasteiger partial charge in [-0.15, -0.1) is 0 Å². The van der Waals surface area contributed by atoms with Crippen molar-refractivity contribution in [3.05, 3.63) is 35.9 Å². The fraction of sp³-hybridized carbons (Fsp3) is 0.231. The molecule has 1 aromatic carbocycles. The summed E-state index contributed by atoms with van der Waals surface area (Å²) in [5.41, 5.74) is 2.27. The fourth-order valence-electron chi connectivity index (χ4n) is 1.83. The summed E-state index contributed by atoms with van der Waals surface area (Å²) in [7, 11) is 3.31. The van der Waals surface area contributed by atoms with E-state index in [9.17, 15) is 4.39 Å². The van der Waals surface area contributed by atoms with Crippen LogP contribution in [0.1, 0.15) is 5.56 Å². The lowest BCUT2D eigenvalue weighted by atomic mass is 10.0. The number of nitrogens with one attached hydrogen (secondary N) is 1.